The van der Waals surface area contributed by atoms with Crippen LogP contribution in [0.15, 0.2) is 84.6 Å². The Morgan fingerprint density at radius 2 is 1.30 bits per heavy atom. The Morgan fingerprint density at radius 1 is 0.636 bits per heavy atom. The number of amides is 2. The van der Waals surface area contributed by atoms with Gasteiger partial charge in [0, 0.05) is 31.0 Å². The molecule has 3 aromatic rings. The maximum Gasteiger partial charge on any atom is 0.282 e. The molecule has 0 aliphatic carbocycles. The third-order valence-electron chi connectivity index (χ3n) is 6.86. The van der Waals surface area contributed by atoms with Crippen molar-refractivity contribution in [2.45, 2.75) is 19.3 Å². The normalized spacial score (nSPS) is 18.0. The van der Waals surface area contributed by atoms with E-state index >= 15 is 0 Å². The van der Waals surface area contributed by atoms with Gasteiger partial charge in [-0.3, -0.25) is 9.59 Å². The summed E-state index contributed by atoms with van der Waals surface area (Å²) in [5, 5.41) is 0. The zero-order chi connectivity index (χ0) is 22.4. The van der Waals surface area contributed by atoms with Gasteiger partial charge in [-0.2, -0.15) is 0 Å². The van der Waals surface area contributed by atoms with E-state index in [2.05, 4.69) is 11.0 Å². The number of nitrogens with zero attached hydrogens (tertiary/aromatic N) is 3. The fourth-order valence-corrected chi connectivity index (χ4v) is 5.23. The largest absolute Gasteiger partial charge is 0.372 e. The van der Waals surface area contributed by atoms with Gasteiger partial charge in [-0.1, -0.05) is 48.5 Å². The summed E-state index contributed by atoms with van der Waals surface area (Å²) in [6.45, 7) is 2.80. The molecule has 3 aliphatic heterocycles. The van der Waals surface area contributed by atoms with Crippen LogP contribution < -0.4 is 14.7 Å². The molecule has 5 heteroatoms. The lowest BCUT2D eigenvalue weighted by Gasteiger charge is -2.22. The number of hydrogen-bond donors (Lipinski definition) is 0. The van der Waals surface area contributed by atoms with Crippen LogP contribution in [0.5, 0.6) is 0 Å². The van der Waals surface area contributed by atoms with Gasteiger partial charge in [0.05, 0.1) is 11.3 Å². The number of benzene rings is 3. The summed E-state index contributed by atoms with van der Waals surface area (Å²) in [5.74, 6) is -0.524. The minimum atomic E-state index is -0.264. The molecule has 3 aromatic carbocycles. The standard InChI is InChI=1S/C28H25N3O2/c32-27-25(21-9-2-1-3-10-21)26(30-19-16-20-8-4-5-11-24(20)30)28(33)31(27)23-14-12-22(13-15-23)29-17-6-7-18-29/h1-5,8-15H,6-7,16-19H2. The Morgan fingerprint density at radius 3 is 2.06 bits per heavy atom. The Bertz CT molecular complexity index is 1260. The van der Waals surface area contributed by atoms with Crippen molar-refractivity contribution in [1.29, 1.82) is 0 Å². The highest BCUT2D eigenvalue weighted by atomic mass is 16.2. The second-order valence-corrected chi connectivity index (χ2v) is 8.78. The number of hydrogen-bond acceptors (Lipinski definition) is 4. The molecule has 6 rings (SSSR count). The average Bonchev–Trinajstić information content (AvgIpc) is 3.58. The van der Waals surface area contributed by atoms with E-state index in [1.165, 1.54) is 23.3 Å². The highest BCUT2D eigenvalue weighted by Crippen LogP contribution is 2.40. The zero-order valence-electron chi connectivity index (χ0n) is 18.4. The van der Waals surface area contributed by atoms with Crippen LogP contribution in [-0.4, -0.2) is 31.4 Å². The molecule has 0 bridgehead atoms. The molecule has 5 nitrogen and oxygen atoms in total. The van der Waals surface area contributed by atoms with Crippen molar-refractivity contribution in [3.05, 3.63) is 95.7 Å². The topological polar surface area (TPSA) is 43.9 Å². The molecule has 1 saturated heterocycles. The maximum absolute atomic E-state index is 13.8. The van der Waals surface area contributed by atoms with Gasteiger partial charge in [-0.05, 0) is 60.7 Å². The van der Waals surface area contributed by atoms with Crippen molar-refractivity contribution >= 4 is 34.4 Å². The predicted molar refractivity (Wildman–Crippen MR) is 131 cm³/mol. The van der Waals surface area contributed by atoms with Crippen molar-refractivity contribution in [1.82, 2.24) is 0 Å². The first kappa shape index (κ1) is 19.8. The maximum atomic E-state index is 13.8. The number of para-hydroxylation sites is 1. The smallest absolute Gasteiger partial charge is 0.282 e. The van der Waals surface area contributed by atoms with E-state index in [1.54, 1.807) is 0 Å². The summed E-state index contributed by atoms with van der Waals surface area (Å²) in [6.07, 6.45) is 3.26. The van der Waals surface area contributed by atoms with Crippen molar-refractivity contribution in [3.8, 4) is 0 Å². The van der Waals surface area contributed by atoms with Gasteiger partial charge in [-0.15, -0.1) is 0 Å². The molecule has 164 valence electrons. The summed E-state index contributed by atoms with van der Waals surface area (Å²) in [6, 6.07) is 25.5. The first-order valence-corrected chi connectivity index (χ1v) is 11.6. The van der Waals surface area contributed by atoms with E-state index in [-0.39, 0.29) is 11.8 Å². The van der Waals surface area contributed by atoms with Crippen LogP contribution in [-0.2, 0) is 16.0 Å². The number of anilines is 3. The molecule has 0 unspecified atom stereocenters. The quantitative estimate of drug-likeness (QED) is 0.561. The second-order valence-electron chi connectivity index (χ2n) is 8.78. The van der Waals surface area contributed by atoms with Crippen molar-refractivity contribution in [2.24, 2.45) is 0 Å². The molecule has 0 aromatic heterocycles. The van der Waals surface area contributed by atoms with Crippen LogP contribution >= 0.6 is 0 Å². The monoisotopic (exact) mass is 435 g/mol. The highest BCUT2D eigenvalue weighted by molar-refractivity contribution is 6.46. The first-order chi connectivity index (χ1) is 16.2. The van der Waals surface area contributed by atoms with E-state index < -0.39 is 0 Å². The highest BCUT2D eigenvalue weighted by Gasteiger charge is 2.44. The van der Waals surface area contributed by atoms with Crippen LogP contribution in [0.2, 0.25) is 0 Å². The molecule has 0 N–H and O–H groups in total. The Hall–Kier alpha value is -3.86. The lowest BCUT2D eigenvalue weighted by molar-refractivity contribution is -0.120. The molecule has 2 amide bonds. The van der Waals surface area contributed by atoms with E-state index in [0.29, 0.717) is 23.5 Å². The first-order valence-electron chi connectivity index (χ1n) is 11.6. The second kappa shape index (κ2) is 7.93. The Labute approximate surface area is 193 Å². The summed E-state index contributed by atoms with van der Waals surface area (Å²) < 4.78 is 0. The van der Waals surface area contributed by atoms with Crippen LogP contribution in [0.3, 0.4) is 0 Å². The summed E-state index contributed by atoms with van der Waals surface area (Å²) in [5.41, 5.74) is 5.68. The van der Waals surface area contributed by atoms with Crippen LogP contribution in [0.25, 0.3) is 5.57 Å². The lowest BCUT2D eigenvalue weighted by Crippen LogP contribution is -2.34. The van der Waals surface area contributed by atoms with E-state index in [9.17, 15) is 9.59 Å². The number of carbonyl (C=O) groups is 2. The van der Waals surface area contributed by atoms with Crippen LogP contribution in [0.1, 0.15) is 24.0 Å². The van der Waals surface area contributed by atoms with Gasteiger partial charge < -0.3 is 9.80 Å². The molecular formula is C28H25N3O2. The molecule has 0 atom stereocenters. The molecule has 3 aliphatic rings. The van der Waals surface area contributed by atoms with Gasteiger partial charge in [0.25, 0.3) is 11.8 Å². The van der Waals surface area contributed by atoms with Crippen molar-refractivity contribution in [2.75, 3.05) is 34.3 Å². The SMILES string of the molecule is O=C1C(c2ccccc2)=C(N2CCc3ccccc32)C(=O)N1c1ccc(N2CCCC2)cc1. The van der Waals surface area contributed by atoms with Gasteiger partial charge in [-0.25, -0.2) is 4.90 Å². The van der Waals surface area contributed by atoms with Crippen molar-refractivity contribution in [3.63, 3.8) is 0 Å². The van der Waals surface area contributed by atoms with Crippen LogP contribution in [0.4, 0.5) is 17.1 Å². The average molecular weight is 436 g/mol. The fraction of sp³-hybridized carbons (Fsp3) is 0.214. The number of fused-ring (bicyclic) bond motifs is 1. The number of carbonyl (C=O) groups excluding carboxylic acids is 2. The zero-order valence-corrected chi connectivity index (χ0v) is 18.4. The van der Waals surface area contributed by atoms with Gasteiger partial charge >= 0.3 is 0 Å². The molecule has 0 radical (unpaired) electrons. The molecule has 0 spiro atoms. The molecule has 0 saturated carbocycles. The van der Waals surface area contributed by atoms with E-state index in [0.717, 1.165) is 36.4 Å². The molecular weight excluding hydrogens is 410 g/mol. The molecule has 3 heterocycles. The van der Waals surface area contributed by atoms with E-state index in [1.807, 2.05) is 77.7 Å². The van der Waals surface area contributed by atoms with E-state index in [4.69, 9.17) is 0 Å². The van der Waals surface area contributed by atoms with Gasteiger partial charge in [0.15, 0.2) is 0 Å². The third-order valence-corrected chi connectivity index (χ3v) is 6.86. The third kappa shape index (κ3) is 3.23. The van der Waals surface area contributed by atoms with Crippen LogP contribution in [0, 0.1) is 0 Å². The van der Waals surface area contributed by atoms with Crippen molar-refractivity contribution < 1.29 is 9.59 Å². The molecule has 1 fully saturated rings. The predicted octanol–water partition coefficient (Wildman–Crippen LogP) is 4.63. The summed E-state index contributed by atoms with van der Waals surface area (Å²) >= 11 is 0. The summed E-state index contributed by atoms with van der Waals surface area (Å²) in [7, 11) is 0. The van der Waals surface area contributed by atoms with Gasteiger partial charge in [0.1, 0.15) is 5.70 Å². The van der Waals surface area contributed by atoms with Gasteiger partial charge in [0.2, 0.25) is 0 Å². The molecule has 33 heavy (non-hydrogen) atoms. The fourth-order valence-electron chi connectivity index (χ4n) is 5.23. The lowest BCUT2D eigenvalue weighted by atomic mass is 10.0. The number of rotatable bonds is 4. The minimum Gasteiger partial charge on any atom is -0.372 e. The number of imide groups is 1. The minimum absolute atomic E-state index is 0.260. The summed E-state index contributed by atoms with van der Waals surface area (Å²) in [4.78, 5) is 33.3. The Balaban J connectivity index is 1.42. The Kier molecular flexibility index (Phi) is 4.75.